The quantitative estimate of drug-likeness (QED) is 0.446. The first kappa shape index (κ1) is 9.93. The third kappa shape index (κ3) is 1.33. The summed E-state index contributed by atoms with van der Waals surface area (Å²) in [6.07, 6.45) is 6.67. The van der Waals surface area contributed by atoms with Gasteiger partial charge in [0.2, 0.25) is 5.75 Å². The Bertz CT molecular complexity index is 629. The van der Waals surface area contributed by atoms with Gasteiger partial charge in [0.1, 0.15) is 5.52 Å². The number of nitrogens with zero attached hydrogens (tertiary/aromatic N) is 2. The highest BCUT2D eigenvalue weighted by Crippen LogP contribution is 2.33. The van der Waals surface area contributed by atoms with E-state index in [1.807, 2.05) is 0 Å². The Morgan fingerprint density at radius 2 is 2.19 bits per heavy atom. The Hall–Kier alpha value is -2.61. The van der Waals surface area contributed by atoms with Crippen molar-refractivity contribution in [1.82, 2.24) is 4.98 Å². The van der Waals surface area contributed by atoms with E-state index in [2.05, 4.69) is 10.9 Å². The van der Waals surface area contributed by atoms with Crippen molar-refractivity contribution in [2.45, 2.75) is 0 Å². The van der Waals surface area contributed by atoms with Crippen LogP contribution in [0.3, 0.4) is 0 Å². The summed E-state index contributed by atoms with van der Waals surface area (Å²) in [5, 5.41) is 20.8. The predicted molar refractivity (Wildman–Crippen MR) is 58.0 cm³/mol. The van der Waals surface area contributed by atoms with E-state index in [0.29, 0.717) is 10.9 Å². The van der Waals surface area contributed by atoms with E-state index in [1.54, 1.807) is 6.07 Å². The molecular formula is C11H6N2O3. The molecule has 0 amide bonds. The molecule has 2 rings (SSSR count). The largest absolute Gasteiger partial charge is 0.501 e. The van der Waals surface area contributed by atoms with Gasteiger partial charge >= 0.3 is 5.69 Å². The molecule has 0 fully saturated rings. The number of nitro groups is 1. The van der Waals surface area contributed by atoms with Crippen LogP contribution in [0.2, 0.25) is 0 Å². The van der Waals surface area contributed by atoms with Crippen LogP contribution in [-0.2, 0) is 0 Å². The Balaban J connectivity index is 2.88. The van der Waals surface area contributed by atoms with Crippen LogP contribution in [0, 0.1) is 22.5 Å². The Kier molecular flexibility index (Phi) is 2.18. The maximum Gasteiger partial charge on any atom is 0.313 e. The number of aromatic hydroxyl groups is 1. The fourth-order valence-corrected chi connectivity index (χ4v) is 1.47. The number of nitro benzene ring substituents is 1. The Morgan fingerprint density at radius 1 is 1.44 bits per heavy atom. The number of hydrogen-bond acceptors (Lipinski definition) is 4. The lowest BCUT2D eigenvalue weighted by molar-refractivity contribution is -0.385. The fraction of sp³-hybridized carbons (Fsp3) is 0. The van der Waals surface area contributed by atoms with Crippen molar-refractivity contribution in [3.8, 4) is 18.1 Å². The maximum atomic E-state index is 10.6. The first-order valence-corrected chi connectivity index (χ1v) is 4.37. The second-order valence-corrected chi connectivity index (χ2v) is 3.09. The minimum Gasteiger partial charge on any atom is -0.501 e. The van der Waals surface area contributed by atoms with Crippen LogP contribution in [0.25, 0.3) is 10.9 Å². The van der Waals surface area contributed by atoms with E-state index in [1.165, 1.54) is 18.3 Å². The molecule has 0 aliphatic rings. The molecule has 1 aromatic carbocycles. The minimum absolute atomic E-state index is 0.143. The van der Waals surface area contributed by atoms with E-state index in [-0.39, 0.29) is 11.2 Å². The van der Waals surface area contributed by atoms with Crippen molar-refractivity contribution in [3.05, 3.63) is 40.1 Å². The molecule has 5 nitrogen and oxygen atoms in total. The highest BCUT2D eigenvalue weighted by atomic mass is 16.6. The number of phenolic OH excluding ortho intramolecular Hbond substituents is 1. The fourth-order valence-electron chi connectivity index (χ4n) is 1.47. The Labute approximate surface area is 90.5 Å². The van der Waals surface area contributed by atoms with Crippen molar-refractivity contribution in [3.63, 3.8) is 0 Å². The summed E-state index contributed by atoms with van der Waals surface area (Å²) in [7, 11) is 0. The topological polar surface area (TPSA) is 76.3 Å². The van der Waals surface area contributed by atoms with Crippen LogP contribution < -0.4 is 0 Å². The maximum absolute atomic E-state index is 10.6. The number of fused-ring (bicyclic) bond motifs is 1. The molecule has 1 N–H and O–H groups in total. The number of aromatic nitrogens is 1. The number of rotatable bonds is 1. The van der Waals surface area contributed by atoms with Crippen LogP contribution >= 0.6 is 0 Å². The smallest absolute Gasteiger partial charge is 0.313 e. The molecule has 0 unspecified atom stereocenters. The zero-order valence-corrected chi connectivity index (χ0v) is 8.04. The predicted octanol–water partition coefficient (Wildman–Crippen LogP) is 1.83. The monoisotopic (exact) mass is 214 g/mol. The zero-order chi connectivity index (χ0) is 11.7. The van der Waals surface area contributed by atoms with Gasteiger partial charge in [0.15, 0.2) is 0 Å². The summed E-state index contributed by atoms with van der Waals surface area (Å²) < 4.78 is 0. The van der Waals surface area contributed by atoms with Crippen molar-refractivity contribution in [2.75, 3.05) is 0 Å². The third-order valence-electron chi connectivity index (χ3n) is 2.22. The second kappa shape index (κ2) is 3.51. The van der Waals surface area contributed by atoms with Gasteiger partial charge in [0.25, 0.3) is 0 Å². The van der Waals surface area contributed by atoms with Crippen LogP contribution in [0.4, 0.5) is 5.69 Å². The highest BCUT2D eigenvalue weighted by molar-refractivity contribution is 5.92. The number of hydrogen-bond donors (Lipinski definition) is 1. The van der Waals surface area contributed by atoms with Gasteiger partial charge in [-0.15, -0.1) is 6.42 Å². The average molecular weight is 214 g/mol. The molecule has 16 heavy (non-hydrogen) atoms. The lowest BCUT2D eigenvalue weighted by Gasteiger charge is -2.02. The third-order valence-corrected chi connectivity index (χ3v) is 2.22. The molecule has 0 aliphatic carbocycles. The van der Waals surface area contributed by atoms with E-state index in [4.69, 9.17) is 6.42 Å². The van der Waals surface area contributed by atoms with Gasteiger partial charge in [-0.05, 0) is 12.1 Å². The lowest BCUT2D eigenvalue weighted by atomic mass is 10.1. The molecule has 0 atom stereocenters. The number of benzene rings is 1. The molecule has 0 spiro atoms. The molecule has 0 bridgehead atoms. The molecule has 0 radical (unpaired) electrons. The van der Waals surface area contributed by atoms with Gasteiger partial charge in [-0.25, -0.2) is 0 Å². The number of terminal acetylenes is 1. The summed E-state index contributed by atoms with van der Waals surface area (Å²) >= 11 is 0. The summed E-state index contributed by atoms with van der Waals surface area (Å²) in [5.74, 6) is 1.97. The van der Waals surface area contributed by atoms with Crippen LogP contribution in [0.15, 0.2) is 24.4 Å². The van der Waals surface area contributed by atoms with E-state index in [9.17, 15) is 15.2 Å². The SMILES string of the molecule is C#Cc1ccnc2c(O)c([N+](=O)[O-])ccc12. The number of phenols is 1. The molecule has 5 heteroatoms. The van der Waals surface area contributed by atoms with Crippen molar-refractivity contribution < 1.29 is 10.0 Å². The summed E-state index contributed by atoms with van der Waals surface area (Å²) in [6, 6.07) is 4.29. The molecule has 0 saturated carbocycles. The summed E-state index contributed by atoms with van der Waals surface area (Å²) in [5.41, 5.74) is 0.300. The molecule has 0 aliphatic heterocycles. The molecule has 1 aromatic heterocycles. The normalized spacial score (nSPS) is 9.94. The summed E-state index contributed by atoms with van der Waals surface area (Å²) in [4.78, 5) is 13.8. The molecule has 78 valence electrons. The minimum atomic E-state index is -0.668. The van der Waals surface area contributed by atoms with E-state index >= 15 is 0 Å². The van der Waals surface area contributed by atoms with Gasteiger partial charge in [0, 0.05) is 23.2 Å². The van der Waals surface area contributed by atoms with Crippen LogP contribution in [0.5, 0.6) is 5.75 Å². The van der Waals surface area contributed by atoms with Crippen molar-refractivity contribution in [2.24, 2.45) is 0 Å². The van der Waals surface area contributed by atoms with Crippen molar-refractivity contribution >= 4 is 16.6 Å². The van der Waals surface area contributed by atoms with Crippen molar-refractivity contribution in [1.29, 1.82) is 0 Å². The Morgan fingerprint density at radius 3 is 2.81 bits per heavy atom. The standard InChI is InChI=1S/C11H6N2O3/c1-2-7-5-6-12-10-8(7)3-4-9(11(10)14)13(15)16/h1,3-6,14H. The summed E-state index contributed by atoms with van der Waals surface area (Å²) in [6.45, 7) is 0. The molecule has 1 heterocycles. The van der Waals surface area contributed by atoms with Gasteiger partial charge in [-0.3, -0.25) is 15.1 Å². The highest BCUT2D eigenvalue weighted by Gasteiger charge is 2.17. The van der Waals surface area contributed by atoms with E-state index < -0.39 is 10.7 Å². The molecule has 0 saturated heterocycles. The number of pyridine rings is 1. The second-order valence-electron chi connectivity index (χ2n) is 3.09. The van der Waals surface area contributed by atoms with Gasteiger partial charge in [-0.1, -0.05) is 5.92 Å². The van der Waals surface area contributed by atoms with Crippen LogP contribution in [-0.4, -0.2) is 15.0 Å². The van der Waals surface area contributed by atoms with E-state index in [0.717, 1.165) is 0 Å². The zero-order valence-electron chi connectivity index (χ0n) is 8.04. The molecule has 2 aromatic rings. The van der Waals surface area contributed by atoms with Gasteiger partial charge in [0.05, 0.1) is 4.92 Å². The van der Waals surface area contributed by atoms with Gasteiger partial charge in [-0.2, -0.15) is 0 Å². The van der Waals surface area contributed by atoms with Crippen LogP contribution in [0.1, 0.15) is 5.56 Å². The first-order valence-electron chi connectivity index (χ1n) is 4.37. The average Bonchev–Trinajstić information content (AvgIpc) is 2.28. The first-order chi connectivity index (χ1) is 7.65. The molecular weight excluding hydrogens is 208 g/mol. The van der Waals surface area contributed by atoms with Gasteiger partial charge < -0.3 is 5.11 Å². The lowest BCUT2D eigenvalue weighted by Crippen LogP contribution is -1.91.